The van der Waals surface area contributed by atoms with Gasteiger partial charge in [0.2, 0.25) is 0 Å². The van der Waals surface area contributed by atoms with E-state index in [1.807, 2.05) is 22.9 Å². The molecule has 2 aromatic carbocycles. The second kappa shape index (κ2) is 8.84. The average Bonchev–Trinajstić information content (AvgIpc) is 3.11. The van der Waals surface area contributed by atoms with Gasteiger partial charge in [0.15, 0.2) is 5.69 Å². The van der Waals surface area contributed by atoms with E-state index < -0.39 is 0 Å². The first-order chi connectivity index (χ1) is 14.5. The molecule has 0 fully saturated rings. The van der Waals surface area contributed by atoms with Gasteiger partial charge in [-0.15, -0.1) is 0 Å². The van der Waals surface area contributed by atoms with Crippen LogP contribution in [0.15, 0.2) is 54.6 Å². The topological polar surface area (TPSA) is 50.2 Å². The second-order valence-corrected chi connectivity index (χ2v) is 8.36. The van der Waals surface area contributed by atoms with Gasteiger partial charge in [0.25, 0.3) is 5.91 Å². The van der Waals surface area contributed by atoms with Crippen LogP contribution in [0, 0.1) is 6.92 Å². The quantitative estimate of drug-likeness (QED) is 0.686. The van der Waals surface area contributed by atoms with Crippen LogP contribution in [0.4, 0.5) is 0 Å². The Morgan fingerprint density at radius 3 is 2.60 bits per heavy atom. The molecular weight excluding hydrogens is 372 g/mol. The van der Waals surface area contributed by atoms with E-state index in [2.05, 4.69) is 48.6 Å². The van der Waals surface area contributed by atoms with Gasteiger partial charge in [-0.05, 0) is 42.9 Å². The van der Waals surface area contributed by atoms with Gasteiger partial charge in [0.05, 0.1) is 6.54 Å². The van der Waals surface area contributed by atoms with Crippen LogP contribution >= 0.6 is 0 Å². The molecule has 4 rings (SSSR count). The van der Waals surface area contributed by atoms with E-state index in [0.717, 1.165) is 31.4 Å². The summed E-state index contributed by atoms with van der Waals surface area (Å²) in [5.41, 5.74) is 6.75. The highest BCUT2D eigenvalue weighted by molar-refractivity contribution is 5.93. The van der Waals surface area contributed by atoms with Crippen LogP contribution in [0.5, 0.6) is 0 Å². The fourth-order valence-electron chi connectivity index (χ4n) is 4.20. The summed E-state index contributed by atoms with van der Waals surface area (Å²) in [6.45, 7) is 3.70. The predicted molar refractivity (Wildman–Crippen MR) is 120 cm³/mol. The minimum absolute atomic E-state index is 0.0161. The summed E-state index contributed by atoms with van der Waals surface area (Å²) in [4.78, 5) is 14.5. The number of hydrogen-bond donors (Lipinski definition) is 1. The highest BCUT2D eigenvalue weighted by atomic mass is 16.2. The van der Waals surface area contributed by atoms with Crippen molar-refractivity contribution < 1.29 is 4.79 Å². The van der Waals surface area contributed by atoms with Gasteiger partial charge in [-0.3, -0.25) is 9.48 Å². The first-order valence-electron chi connectivity index (χ1n) is 10.6. The molecule has 0 radical (unpaired) electrons. The van der Waals surface area contributed by atoms with E-state index in [-0.39, 0.29) is 5.91 Å². The van der Waals surface area contributed by atoms with Crippen LogP contribution in [0.25, 0.3) is 0 Å². The van der Waals surface area contributed by atoms with Crippen molar-refractivity contribution >= 4 is 5.91 Å². The minimum atomic E-state index is -0.0161. The number of rotatable bonds is 6. The molecule has 1 N–H and O–H groups in total. The molecule has 0 saturated carbocycles. The summed E-state index contributed by atoms with van der Waals surface area (Å²) >= 11 is 0. The maximum absolute atomic E-state index is 12.8. The van der Waals surface area contributed by atoms with Gasteiger partial charge in [0.1, 0.15) is 0 Å². The molecule has 1 amide bonds. The van der Waals surface area contributed by atoms with E-state index in [4.69, 9.17) is 5.10 Å². The molecule has 156 valence electrons. The van der Waals surface area contributed by atoms with Crippen molar-refractivity contribution in [2.45, 2.75) is 45.3 Å². The van der Waals surface area contributed by atoms with Crippen LogP contribution in [-0.4, -0.2) is 40.7 Å². The summed E-state index contributed by atoms with van der Waals surface area (Å²) < 4.78 is 2.04. The van der Waals surface area contributed by atoms with Crippen LogP contribution in [-0.2, 0) is 25.9 Å². The lowest BCUT2D eigenvalue weighted by atomic mass is 9.90. The molecule has 5 nitrogen and oxygen atoms in total. The zero-order chi connectivity index (χ0) is 21.1. The number of benzene rings is 2. The molecule has 1 unspecified atom stereocenters. The first-order valence-corrected chi connectivity index (χ1v) is 10.6. The fourth-order valence-corrected chi connectivity index (χ4v) is 4.20. The van der Waals surface area contributed by atoms with Crippen LogP contribution < -0.4 is 5.32 Å². The number of aryl methyl sites for hydroxylation is 1. The molecule has 5 heteroatoms. The van der Waals surface area contributed by atoms with Crippen LogP contribution in [0.2, 0.25) is 0 Å². The SMILES string of the molecule is Cc1ccccc1CNC1CCc2c(c(C(=O)N(C)C)nn2Cc2ccccc2)C1. The Balaban J connectivity index is 1.56. The van der Waals surface area contributed by atoms with Crippen molar-refractivity contribution in [3.8, 4) is 0 Å². The lowest BCUT2D eigenvalue weighted by Gasteiger charge is -2.25. The van der Waals surface area contributed by atoms with Gasteiger partial charge < -0.3 is 10.2 Å². The lowest BCUT2D eigenvalue weighted by Crippen LogP contribution is -2.35. The van der Waals surface area contributed by atoms with Crippen LogP contribution in [0.3, 0.4) is 0 Å². The van der Waals surface area contributed by atoms with Crippen LogP contribution in [0.1, 0.15) is 44.9 Å². The molecule has 0 bridgehead atoms. The molecule has 0 spiro atoms. The molecule has 30 heavy (non-hydrogen) atoms. The van der Waals surface area contributed by atoms with E-state index in [1.165, 1.54) is 22.4 Å². The zero-order valence-corrected chi connectivity index (χ0v) is 18.1. The molecule has 0 saturated heterocycles. The zero-order valence-electron chi connectivity index (χ0n) is 18.1. The van der Waals surface area contributed by atoms with Gasteiger partial charge in [0, 0.05) is 37.9 Å². The molecule has 1 aliphatic rings. The molecule has 3 aromatic rings. The van der Waals surface area contributed by atoms with Crippen molar-refractivity contribution in [2.24, 2.45) is 0 Å². The van der Waals surface area contributed by atoms with Crippen molar-refractivity contribution in [1.82, 2.24) is 20.0 Å². The Morgan fingerprint density at radius 1 is 1.13 bits per heavy atom. The van der Waals surface area contributed by atoms with Gasteiger partial charge in [-0.2, -0.15) is 5.10 Å². The van der Waals surface area contributed by atoms with Crippen molar-refractivity contribution in [1.29, 1.82) is 0 Å². The third-order valence-electron chi connectivity index (χ3n) is 5.97. The second-order valence-electron chi connectivity index (χ2n) is 8.36. The highest BCUT2D eigenvalue weighted by Crippen LogP contribution is 2.27. The normalized spacial score (nSPS) is 15.6. The molecule has 0 aliphatic heterocycles. The van der Waals surface area contributed by atoms with E-state index in [0.29, 0.717) is 18.3 Å². The van der Waals surface area contributed by atoms with E-state index in [1.54, 1.807) is 19.0 Å². The maximum Gasteiger partial charge on any atom is 0.274 e. The summed E-state index contributed by atoms with van der Waals surface area (Å²) in [5.74, 6) is -0.0161. The standard InChI is InChI=1S/C25H30N4O/c1-18-9-7-8-12-20(18)16-26-21-13-14-23-22(15-21)24(25(30)28(2)3)27-29(23)17-19-10-5-4-6-11-19/h4-12,21,26H,13-17H2,1-3H3. The largest absolute Gasteiger partial charge is 0.343 e. The fraction of sp³-hybridized carbons (Fsp3) is 0.360. The lowest BCUT2D eigenvalue weighted by molar-refractivity contribution is 0.0820. The third kappa shape index (κ3) is 4.31. The van der Waals surface area contributed by atoms with Gasteiger partial charge in [-0.25, -0.2) is 0 Å². The maximum atomic E-state index is 12.8. The monoisotopic (exact) mass is 402 g/mol. The highest BCUT2D eigenvalue weighted by Gasteiger charge is 2.29. The van der Waals surface area contributed by atoms with Gasteiger partial charge >= 0.3 is 0 Å². The third-order valence-corrected chi connectivity index (χ3v) is 5.97. The number of hydrogen-bond acceptors (Lipinski definition) is 3. The smallest absolute Gasteiger partial charge is 0.274 e. The molecular formula is C25H30N4O. The molecule has 1 atom stereocenters. The number of nitrogens with zero attached hydrogens (tertiary/aromatic N) is 3. The number of carbonyl (C=O) groups excluding carboxylic acids is 1. The summed E-state index contributed by atoms with van der Waals surface area (Å²) in [6.07, 6.45) is 2.82. The summed E-state index contributed by atoms with van der Waals surface area (Å²) in [5, 5.41) is 8.48. The molecule has 1 aliphatic carbocycles. The Bertz CT molecular complexity index is 1020. The van der Waals surface area contributed by atoms with Crippen molar-refractivity contribution in [3.63, 3.8) is 0 Å². The number of nitrogens with one attached hydrogen (secondary N) is 1. The summed E-state index contributed by atoms with van der Waals surface area (Å²) in [7, 11) is 3.59. The Hall–Kier alpha value is -2.92. The summed E-state index contributed by atoms with van der Waals surface area (Å²) in [6, 6.07) is 19.2. The Kier molecular flexibility index (Phi) is 6.00. The van der Waals surface area contributed by atoms with Crippen molar-refractivity contribution in [2.75, 3.05) is 14.1 Å². The minimum Gasteiger partial charge on any atom is -0.343 e. The Labute approximate surface area is 178 Å². The predicted octanol–water partition coefficient (Wildman–Crippen LogP) is 3.59. The number of fused-ring (bicyclic) bond motifs is 1. The van der Waals surface area contributed by atoms with Gasteiger partial charge in [-0.1, -0.05) is 54.6 Å². The Morgan fingerprint density at radius 2 is 1.87 bits per heavy atom. The van der Waals surface area contributed by atoms with E-state index in [9.17, 15) is 4.79 Å². The number of carbonyl (C=O) groups is 1. The van der Waals surface area contributed by atoms with E-state index >= 15 is 0 Å². The van der Waals surface area contributed by atoms with Crippen molar-refractivity contribution in [3.05, 3.63) is 88.2 Å². The number of amides is 1. The first kappa shape index (κ1) is 20.4. The molecule has 1 heterocycles. The average molecular weight is 403 g/mol. The molecule has 1 aromatic heterocycles. The number of aromatic nitrogens is 2.